The summed E-state index contributed by atoms with van der Waals surface area (Å²) in [6.07, 6.45) is 3.74. The number of nitrogens with one attached hydrogen (secondary N) is 1. The summed E-state index contributed by atoms with van der Waals surface area (Å²) in [5.41, 5.74) is 3.92. The molecule has 1 fully saturated rings. The zero-order chi connectivity index (χ0) is 22.1. The Labute approximate surface area is 191 Å². The van der Waals surface area contributed by atoms with Gasteiger partial charge in [0.25, 0.3) is 0 Å². The van der Waals surface area contributed by atoms with Gasteiger partial charge in [0.15, 0.2) is 0 Å². The van der Waals surface area contributed by atoms with E-state index in [1.54, 1.807) is 6.92 Å². The molecule has 3 heterocycles. The second-order valence-corrected chi connectivity index (χ2v) is 8.54. The summed E-state index contributed by atoms with van der Waals surface area (Å²) in [5, 5.41) is 3.72. The Morgan fingerprint density at radius 2 is 1.78 bits per heavy atom. The molecule has 0 atom stereocenters. The minimum absolute atomic E-state index is 0.0366. The number of nitrogens with zero attached hydrogens (tertiary/aromatic N) is 4. The maximum atomic E-state index is 11.3. The van der Waals surface area contributed by atoms with Gasteiger partial charge in [-0.05, 0) is 61.4 Å². The third-order valence-corrected chi connectivity index (χ3v) is 6.13. The summed E-state index contributed by atoms with van der Waals surface area (Å²) < 4.78 is 2.14. The summed E-state index contributed by atoms with van der Waals surface area (Å²) in [7, 11) is 0. The molecule has 0 aliphatic carbocycles. The third kappa shape index (κ3) is 4.06. The number of benzene rings is 2. The third-order valence-electron chi connectivity index (χ3n) is 5.88. The molecule has 2 aromatic carbocycles. The maximum absolute atomic E-state index is 11.3. The van der Waals surface area contributed by atoms with Crippen LogP contribution in [0.2, 0.25) is 5.02 Å². The summed E-state index contributed by atoms with van der Waals surface area (Å²) in [6.45, 7) is 3.32. The first-order chi connectivity index (χ1) is 15.6. The normalized spacial score (nSPS) is 14.6. The van der Waals surface area contributed by atoms with E-state index < -0.39 is 0 Å². The number of halogens is 1. The Hall–Kier alpha value is -3.38. The van der Waals surface area contributed by atoms with Crippen LogP contribution in [0.25, 0.3) is 28.1 Å². The van der Waals surface area contributed by atoms with Gasteiger partial charge in [-0.1, -0.05) is 23.7 Å². The number of hydrogen-bond acceptors (Lipinski definition) is 4. The predicted molar refractivity (Wildman–Crippen MR) is 128 cm³/mol. The van der Waals surface area contributed by atoms with Gasteiger partial charge in [-0.3, -0.25) is 9.36 Å². The molecule has 1 amide bonds. The van der Waals surface area contributed by atoms with E-state index in [4.69, 9.17) is 21.6 Å². The van der Waals surface area contributed by atoms with Gasteiger partial charge in [0.2, 0.25) is 5.91 Å². The smallest absolute Gasteiger partial charge is 0.217 e. The maximum Gasteiger partial charge on any atom is 0.217 e. The van der Waals surface area contributed by atoms with Crippen LogP contribution in [-0.2, 0) is 4.79 Å². The van der Waals surface area contributed by atoms with Crippen LogP contribution in [0.1, 0.15) is 19.8 Å². The van der Waals surface area contributed by atoms with E-state index in [0.29, 0.717) is 5.02 Å². The van der Waals surface area contributed by atoms with Crippen LogP contribution in [0.4, 0.5) is 5.82 Å². The minimum Gasteiger partial charge on any atom is -0.356 e. The fourth-order valence-electron chi connectivity index (χ4n) is 4.32. The van der Waals surface area contributed by atoms with Crippen LogP contribution in [0.5, 0.6) is 0 Å². The van der Waals surface area contributed by atoms with Crippen LogP contribution in [0, 0.1) is 0 Å². The predicted octanol–water partition coefficient (Wildman–Crippen LogP) is 4.85. The van der Waals surface area contributed by atoms with E-state index in [2.05, 4.69) is 33.0 Å². The van der Waals surface area contributed by atoms with Crippen molar-refractivity contribution in [2.45, 2.75) is 25.8 Å². The highest BCUT2D eigenvalue weighted by atomic mass is 35.5. The largest absolute Gasteiger partial charge is 0.356 e. The van der Waals surface area contributed by atoms with Gasteiger partial charge in [-0.2, -0.15) is 0 Å². The van der Waals surface area contributed by atoms with Gasteiger partial charge in [0.05, 0.1) is 11.0 Å². The lowest BCUT2D eigenvalue weighted by molar-refractivity contribution is -0.119. The van der Waals surface area contributed by atoms with Gasteiger partial charge >= 0.3 is 0 Å². The van der Waals surface area contributed by atoms with Crippen molar-refractivity contribution in [1.29, 1.82) is 0 Å². The quantitative estimate of drug-likeness (QED) is 0.488. The minimum atomic E-state index is 0.0366. The first kappa shape index (κ1) is 20.5. The second kappa shape index (κ2) is 8.63. The Morgan fingerprint density at radius 1 is 1.03 bits per heavy atom. The molecule has 0 bridgehead atoms. The molecule has 1 aliphatic rings. The number of piperidine rings is 1. The van der Waals surface area contributed by atoms with E-state index in [-0.39, 0.29) is 11.9 Å². The summed E-state index contributed by atoms with van der Waals surface area (Å²) in [6, 6.07) is 20.3. The van der Waals surface area contributed by atoms with Crippen molar-refractivity contribution in [2.75, 3.05) is 18.0 Å². The lowest BCUT2D eigenvalue weighted by atomic mass is 10.0. The highest BCUT2D eigenvalue weighted by molar-refractivity contribution is 6.30. The first-order valence-electron chi connectivity index (χ1n) is 10.8. The van der Waals surface area contributed by atoms with E-state index in [0.717, 1.165) is 59.9 Å². The van der Waals surface area contributed by atoms with Crippen molar-refractivity contribution in [3.8, 4) is 17.1 Å². The van der Waals surface area contributed by atoms with Crippen molar-refractivity contribution < 1.29 is 4.79 Å². The lowest BCUT2D eigenvalue weighted by Crippen LogP contribution is -2.44. The van der Waals surface area contributed by atoms with Gasteiger partial charge in [-0.15, -0.1) is 0 Å². The van der Waals surface area contributed by atoms with Gasteiger partial charge in [0, 0.05) is 48.5 Å². The zero-order valence-electron chi connectivity index (χ0n) is 17.8. The SMILES string of the molecule is CC(=O)NC1CCN(c2ccc(-c3nc4ccccc4n3-c3ccc(Cl)cc3)cn2)CC1. The molecule has 0 radical (unpaired) electrons. The fourth-order valence-corrected chi connectivity index (χ4v) is 4.44. The number of amides is 1. The molecular weight excluding hydrogens is 422 g/mol. The molecular formula is C25H24ClN5O. The Kier molecular flexibility index (Phi) is 5.53. The van der Waals surface area contributed by atoms with Crippen LogP contribution >= 0.6 is 11.6 Å². The number of aromatic nitrogens is 3. The number of rotatable bonds is 4. The second-order valence-electron chi connectivity index (χ2n) is 8.10. The Balaban J connectivity index is 1.44. The number of carbonyl (C=O) groups excluding carboxylic acids is 1. The van der Waals surface area contributed by atoms with Gasteiger partial charge in [-0.25, -0.2) is 9.97 Å². The Morgan fingerprint density at radius 3 is 2.47 bits per heavy atom. The highest BCUT2D eigenvalue weighted by Gasteiger charge is 2.21. The lowest BCUT2D eigenvalue weighted by Gasteiger charge is -2.33. The molecule has 5 rings (SSSR count). The van der Waals surface area contributed by atoms with E-state index in [9.17, 15) is 4.79 Å². The topological polar surface area (TPSA) is 63.1 Å². The van der Waals surface area contributed by atoms with E-state index in [1.807, 2.05) is 48.7 Å². The number of carbonyl (C=O) groups is 1. The number of hydrogen-bond donors (Lipinski definition) is 1. The van der Waals surface area contributed by atoms with Crippen molar-refractivity contribution >= 4 is 34.4 Å². The van der Waals surface area contributed by atoms with E-state index >= 15 is 0 Å². The molecule has 7 heteroatoms. The standard InChI is InChI=1S/C25H24ClN5O/c1-17(32)28-20-12-14-30(15-13-20)24-11-6-18(16-27-24)25-29-22-4-2-3-5-23(22)31(25)21-9-7-19(26)8-10-21/h2-11,16,20H,12-15H2,1H3,(H,28,32). The first-order valence-corrected chi connectivity index (χ1v) is 11.2. The van der Waals surface area contributed by atoms with Crippen LogP contribution < -0.4 is 10.2 Å². The Bertz CT molecular complexity index is 1240. The summed E-state index contributed by atoms with van der Waals surface area (Å²) in [5.74, 6) is 1.83. The fraction of sp³-hybridized carbons (Fsp3) is 0.240. The van der Waals surface area contributed by atoms with Crippen molar-refractivity contribution in [3.05, 3.63) is 71.9 Å². The van der Waals surface area contributed by atoms with Crippen molar-refractivity contribution in [1.82, 2.24) is 19.9 Å². The molecule has 2 aromatic heterocycles. The summed E-state index contributed by atoms with van der Waals surface area (Å²) in [4.78, 5) is 23.2. The molecule has 32 heavy (non-hydrogen) atoms. The van der Waals surface area contributed by atoms with Crippen LogP contribution in [-0.4, -0.2) is 39.6 Å². The monoisotopic (exact) mass is 445 g/mol. The molecule has 1 saturated heterocycles. The number of pyridine rings is 1. The number of imidazole rings is 1. The van der Waals surface area contributed by atoms with Gasteiger partial charge < -0.3 is 10.2 Å². The van der Waals surface area contributed by atoms with E-state index in [1.165, 1.54) is 0 Å². The van der Waals surface area contributed by atoms with Crippen molar-refractivity contribution in [2.24, 2.45) is 0 Å². The zero-order valence-corrected chi connectivity index (χ0v) is 18.6. The molecule has 6 nitrogen and oxygen atoms in total. The molecule has 0 saturated carbocycles. The van der Waals surface area contributed by atoms with Crippen LogP contribution in [0.3, 0.4) is 0 Å². The number of anilines is 1. The number of para-hydroxylation sites is 2. The van der Waals surface area contributed by atoms with Crippen molar-refractivity contribution in [3.63, 3.8) is 0 Å². The van der Waals surface area contributed by atoms with Gasteiger partial charge in [0.1, 0.15) is 11.6 Å². The highest BCUT2D eigenvalue weighted by Crippen LogP contribution is 2.30. The average Bonchev–Trinajstić information content (AvgIpc) is 3.19. The van der Waals surface area contributed by atoms with Crippen LogP contribution in [0.15, 0.2) is 66.9 Å². The summed E-state index contributed by atoms with van der Waals surface area (Å²) >= 11 is 6.11. The molecule has 4 aromatic rings. The molecule has 1 aliphatic heterocycles. The number of fused-ring (bicyclic) bond motifs is 1. The molecule has 162 valence electrons. The molecule has 0 spiro atoms. The average molecular weight is 446 g/mol. The molecule has 0 unspecified atom stereocenters. The molecule has 1 N–H and O–H groups in total.